The van der Waals surface area contributed by atoms with Crippen LogP contribution in [0.5, 0.6) is 0 Å². The maximum atomic E-state index is 12.3. The van der Waals surface area contributed by atoms with Crippen molar-refractivity contribution in [3.8, 4) is 11.5 Å². The quantitative estimate of drug-likeness (QED) is 0.302. The molecular weight excluding hydrogens is 454 g/mol. The molecular formula is C26H24ClN3O2S. The van der Waals surface area contributed by atoms with Gasteiger partial charge in [0.1, 0.15) is 5.52 Å². The summed E-state index contributed by atoms with van der Waals surface area (Å²) in [5.74, 6) is 0.799. The standard InChI is InChI=1S/C26H24ClN3O2S/c1-3-16(2)18-9-12-23-22(15-18)29-25(32-23)19-5-4-6-21(14-19)28-26(33)30-24(31)13-17-7-10-20(27)11-8-17/h4-12,14-16H,3,13H2,1-2H3,(H2,28,30,31,33)/t16-/m1/s1. The summed E-state index contributed by atoms with van der Waals surface area (Å²) < 4.78 is 5.97. The van der Waals surface area contributed by atoms with Gasteiger partial charge in [0.15, 0.2) is 10.7 Å². The van der Waals surface area contributed by atoms with E-state index in [1.165, 1.54) is 5.56 Å². The van der Waals surface area contributed by atoms with Gasteiger partial charge in [-0.05, 0) is 78.1 Å². The Hall–Kier alpha value is -3.22. The highest BCUT2D eigenvalue weighted by Gasteiger charge is 2.12. The summed E-state index contributed by atoms with van der Waals surface area (Å²) in [6, 6.07) is 20.8. The molecule has 0 spiro atoms. The molecule has 0 bridgehead atoms. The minimum Gasteiger partial charge on any atom is -0.436 e. The van der Waals surface area contributed by atoms with E-state index >= 15 is 0 Å². The molecule has 5 nitrogen and oxygen atoms in total. The molecule has 0 unspecified atom stereocenters. The number of aromatic nitrogens is 1. The van der Waals surface area contributed by atoms with Crippen molar-refractivity contribution >= 4 is 51.6 Å². The summed E-state index contributed by atoms with van der Waals surface area (Å²) in [4.78, 5) is 17.0. The lowest BCUT2D eigenvalue weighted by molar-refractivity contribution is -0.119. The monoisotopic (exact) mass is 477 g/mol. The van der Waals surface area contributed by atoms with Gasteiger partial charge in [0.05, 0.1) is 6.42 Å². The Balaban J connectivity index is 1.43. The average Bonchev–Trinajstić information content (AvgIpc) is 3.23. The van der Waals surface area contributed by atoms with Gasteiger partial charge in [0, 0.05) is 16.3 Å². The van der Waals surface area contributed by atoms with Crippen LogP contribution in [0.25, 0.3) is 22.6 Å². The number of amides is 1. The second-order valence-electron chi connectivity index (χ2n) is 7.94. The van der Waals surface area contributed by atoms with Crippen molar-refractivity contribution in [2.45, 2.75) is 32.6 Å². The van der Waals surface area contributed by atoms with E-state index in [-0.39, 0.29) is 17.4 Å². The molecule has 2 N–H and O–H groups in total. The first kappa shape index (κ1) is 23.0. The highest BCUT2D eigenvalue weighted by molar-refractivity contribution is 7.80. The second-order valence-corrected chi connectivity index (χ2v) is 8.79. The van der Waals surface area contributed by atoms with E-state index in [0.29, 0.717) is 16.8 Å². The van der Waals surface area contributed by atoms with Gasteiger partial charge in [-0.25, -0.2) is 4.98 Å². The first-order chi connectivity index (χ1) is 15.9. The molecule has 1 amide bonds. The number of nitrogens with zero attached hydrogens (tertiary/aromatic N) is 1. The minimum absolute atomic E-state index is 0.206. The van der Waals surface area contributed by atoms with Crippen molar-refractivity contribution in [2.75, 3.05) is 5.32 Å². The number of carbonyl (C=O) groups is 1. The third-order valence-electron chi connectivity index (χ3n) is 5.49. The lowest BCUT2D eigenvalue weighted by Gasteiger charge is -2.10. The molecule has 4 rings (SSSR count). The predicted molar refractivity (Wildman–Crippen MR) is 138 cm³/mol. The number of benzene rings is 3. The van der Waals surface area contributed by atoms with E-state index in [0.717, 1.165) is 34.3 Å². The van der Waals surface area contributed by atoms with Gasteiger partial charge in [-0.15, -0.1) is 0 Å². The van der Waals surface area contributed by atoms with E-state index in [9.17, 15) is 4.79 Å². The zero-order valence-electron chi connectivity index (χ0n) is 18.4. The molecule has 168 valence electrons. The molecule has 0 radical (unpaired) electrons. The molecule has 1 heterocycles. The number of halogens is 1. The normalized spacial score (nSPS) is 11.8. The fourth-order valence-electron chi connectivity index (χ4n) is 3.46. The topological polar surface area (TPSA) is 67.2 Å². The third kappa shape index (κ3) is 5.78. The van der Waals surface area contributed by atoms with Crippen molar-refractivity contribution in [1.82, 2.24) is 10.3 Å². The molecule has 1 aromatic heterocycles. The van der Waals surface area contributed by atoms with Gasteiger partial charge in [0.2, 0.25) is 11.8 Å². The van der Waals surface area contributed by atoms with Crippen LogP contribution in [-0.4, -0.2) is 16.0 Å². The molecule has 0 saturated carbocycles. The lowest BCUT2D eigenvalue weighted by atomic mass is 9.98. The Bertz CT molecular complexity index is 1300. The van der Waals surface area contributed by atoms with Gasteiger partial charge in [-0.1, -0.05) is 49.7 Å². The van der Waals surface area contributed by atoms with Crippen LogP contribution in [0.1, 0.15) is 37.3 Å². The van der Waals surface area contributed by atoms with Crippen LogP contribution < -0.4 is 10.6 Å². The van der Waals surface area contributed by atoms with E-state index in [1.54, 1.807) is 12.1 Å². The number of hydrogen-bond acceptors (Lipinski definition) is 4. The Morgan fingerprint density at radius 3 is 2.67 bits per heavy atom. The van der Waals surface area contributed by atoms with Gasteiger partial charge < -0.3 is 15.1 Å². The molecule has 7 heteroatoms. The lowest BCUT2D eigenvalue weighted by Crippen LogP contribution is -2.35. The zero-order valence-corrected chi connectivity index (χ0v) is 20.0. The Morgan fingerprint density at radius 1 is 1.12 bits per heavy atom. The Kier molecular flexibility index (Phi) is 7.06. The van der Waals surface area contributed by atoms with Crippen LogP contribution in [0.2, 0.25) is 5.02 Å². The summed E-state index contributed by atoms with van der Waals surface area (Å²) in [5.41, 5.74) is 5.24. The van der Waals surface area contributed by atoms with Crippen molar-refractivity contribution in [3.05, 3.63) is 82.9 Å². The maximum Gasteiger partial charge on any atom is 0.230 e. The Morgan fingerprint density at radius 2 is 1.91 bits per heavy atom. The molecule has 0 aliphatic carbocycles. The third-order valence-corrected chi connectivity index (χ3v) is 5.95. The number of nitrogens with one attached hydrogen (secondary N) is 2. The molecule has 0 aliphatic heterocycles. The number of rotatable bonds is 6. The zero-order chi connectivity index (χ0) is 23.4. The molecule has 0 fully saturated rings. The van der Waals surface area contributed by atoms with Crippen LogP contribution in [0.15, 0.2) is 71.1 Å². The average molecular weight is 478 g/mol. The largest absolute Gasteiger partial charge is 0.436 e. The summed E-state index contributed by atoms with van der Waals surface area (Å²) in [5, 5.41) is 6.61. The van der Waals surface area contributed by atoms with Crippen molar-refractivity contribution in [2.24, 2.45) is 0 Å². The van der Waals surface area contributed by atoms with Crippen LogP contribution >= 0.6 is 23.8 Å². The van der Waals surface area contributed by atoms with Crippen molar-refractivity contribution < 1.29 is 9.21 Å². The first-order valence-electron chi connectivity index (χ1n) is 10.8. The van der Waals surface area contributed by atoms with E-state index in [1.807, 2.05) is 42.5 Å². The summed E-state index contributed by atoms with van der Waals surface area (Å²) in [6.45, 7) is 4.38. The van der Waals surface area contributed by atoms with Crippen LogP contribution in [-0.2, 0) is 11.2 Å². The molecule has 0 saturated heterocycles. The number of carbonyl (C=O) groups excluding carboxylic acids is 1. The SMILES string of the molecule is CC[C@@H](C)c1ccc2oc(-c3cccc(NC(=S)NC(=O)Cc4ccc(Cl)cc4)c3)nc2c1. The maximum absolute atomic E-state index is 12.3. The van der Waals surface area contributed by atoms with Gasteiger partial charge >= 0.3 is 0 Å². The molecule has 4 aromatic rings. The Labute approximate surface area is 203 Å². The van der Waals surface area contributed by atoms with Crippen molar-refractivity contribution in [1.29, 1.82) is 0 Å². The van der Waals surface area contributed by atoms with Crippen molar-refractivity contribution in [3.63, 3.8) is 0 Å². The number of hydrogen-bond donors (Lipinski definition) is 2. The van der Waals surface area contributed by atoms with Gasteiger partial charge in [0.25, 0.3) is 0 Å². The number of oxazole rings is 1. The van der Waals surface area contributed by atoms with E-state index < -0.39 is 0 Å². The minimum atomic E-state index is -0.206. The fourth-order valence-corrected chi connectivity index (χ4v) is 3.82. The second kappa shape index (κ2) is 10.1. The van der Waals surface area contributed by atoms with E-state index in [2.05, 4.69) is 41.6 Å². The van der Waals surface area contributed by atoms with Gasteiger partial charge in [-0.2, -0.15) is 0 Å². The van der Waals surface area contributed by atoms with Crippen LogP contribution in [0.3, 0.4) is 0 Å². The molecule has 3 aromatic carbocycles. The summed E-state index contributed by atoms with van der Waals surface area (Å²) >= 11 is 11.2. The van der Waals surface area contributed by atoms with E-state index in [4.69, 9.17) is 28.2 Å². The molecule has 33 heavy (non-hydrogen) atoms. The molecule has 0 aliphatic rings. The predicted octanol–water partition coefficient (Wildman–Crippen LogP) is 6.72. The summed E-state index contributed by atoms with van der Waals surface area (Å²) in [7, 11) is 0. The number of fused-ring (bicyclic) bond motifs is 1. The highest BCUT2D eigenvalue weighted by atomic mass is 35.5. The van der Waals surface area contributed by atoms with Crippen LogP contribution in [0.4, 0.5) is 5.69 Å². The van der Waals surface area contributed by atoms with Crippen LogP contribution in [0, 0.1) is 0 Å². The molecule has 1 atom stereocenters. The summed E-state index contributed by atoms with van der Waals surface area (Å²) in [6.07, 6.45) is 1.28. The van der Waals surface area contributed by atoms with Gasteiger partial charge in [-0.3, -0.25) is 4.79 Å². The number of thiocarbonyl (C=S) groups is 1. The highest BCUT2D eigenvalue weighted by Crippen LogP contribution is 2.29. The smallest absolute Gasteiger partial charge is 0.230 e. The fraction of sp³-hybridized carbons (Fsp3) is 0.192. The first-order valence-corrected chi connectivity index (χ1v) is 11.6. The number of anilines is 1.